The molecule has 9 heteroatoms. The molecule has 0 aliphatic carbocycles. The third-order valence-electron chi connectivity index (χ3n) is 2.65. The lowest BCUT2D eigenvalue weighted by atomic mass is 10.3. The van der Waals surface area contributed by atoms with Crippen molar-refractivity contribution in [2.45, 2.75) is 11.4 Å². The van der Waals surface area contributed by atoms with Crippen LogP contribution in [0.2, 0.25) is 0 Å². The number of sulfonamides is 1. The number of aliphatic carboxylic acids is 1. The zero-order chi connectivity index (χ0) is 15.5. The van der Waals surface area contributed by atoms with Gasteiger partial charge in [0, 0.05) is 30.7 Å². The summed E-state index contributed by atoms with van der Waals surface area (Å²) in [7, 11) is -2.10. The number of rotatable bonds is 6. The molecule has 0 saturated heterocycles. The van der Waals surface area contributed by atoms with E-state index >= 15 is 0 Å². The first-order valence-electron chi connectivity index (χ1n) is 5.83. The lowest BCUT2D eigenvalue weighted by molar-refractivity contribution is -0.131. The summed E-state index contributed by atoms with van der Waals surface area (Å²) in [5.41, 5.74) is 0.728. The third-order valence-corrected chi connectivity index (χ3v) is 5.36. The van der Waals surface area contributed by atoms with Crippen molar-refractivity contribution in [2.75, 3.05) is 7.05 Å². The van der Waals surface area contributed by atoms with Gasteiger partial charge in [-0.05, 0) is 23.1 Å². The van der Waals surface area contributed by atoms with Crippen LogP contribution in [0.15, 0.2) is 34.8 Å². The largest absolute Gasteiger partial charge is 0.478 e. The van der Waals surface area contributed by atoms with Crippen molar-refractivity contribution in [2.24, 2.45) is 0 Å². The van der Waals surface area contributed by atoms with Gasteiger partial charge in [-0.25, -0.2) is 13.2 Å². The Hall–Kier alpha value is -1.97. The number of H-pyrrole nitrogens is 1. The van der Waals surface area contributed by atoms with Crippen molar-refractivity contribution in [3.8, 4) is 0 Å². The minimum Gasteiger partial charge on any atom is -0.478 e. The van der Waals surface area contributed by atoms with Gasteiger partial charge in [-0.3, -0.25) is 5.10 Å². The molecule has 2 aromatic rings. The zero-order valence-corrected chi connectivity index (χ0v) is 12.7. The molecule has 0 aliphatic heterocycles. The smallest absolute Gasteiger partial charge is 0.328 e. The maximum Gasteiger partial charge on any atom is 0.328 e. The highest BCUT2D eigenvalue weighted by Gasteiger charge is 2.22. The third kappa shape index (κ3) is 3.78. The first-order chi connectivity index (χ1) is 9.89. The van der Waals surface area contributed by atoms with Crippen LogP contribution in [0.3, 0.4) is 0 Å². The van der Waals surface area contributed by atoms with Crippen LogP contribution in [0, 0.1) is 0 Å². The molecule has 2 aromatic heterocycles. The minimum absolute atomic E-state index is 0.104. The van der Waals surface area contributed by atoms with Crippen LogP contribution < -0.4 is 0 Å². The van der Waals surface area contributed by atoms with E-state index in [1.807, 2.05) is 0 Å². The molecule has 2 rings (SSSR count). The van der Waals surface area contributed by atoms with Crippen molar-refractivity contribution in [1.29, 1.82) is 0 Å². The average molecular weight is 327 g/mol. The van der Waals surface area contributed by atoms with Crippen molar-refractivity contribution < 1.29 is 18.3 Å². The van der Waals surface area contributed by atoms with Crippen LogP contribution >= 0.6 is 11.3 Å². The number of carbonyl (C=O) groups is 1. The number of hydrogen-bond donors (Lipinski definition) is 2. The normalized spacial score (nSPS) is 12.3. The summed E-state index contributed by atoms with van der Waals surface area (Å²) >= 11 is 1.37. The number of carboxylic acids is 1. The van der Waals surface area contributed by atoms with E-state index in [-0.39, 0.29) is 11.4 Å². The van der Waals surface area contributed by atoms with Crippen molar-refractivity contribution in [3.63, 3.8) is 0 Å². The SMILES string of the molecule is CN(Cc1cc(C=CC(=O)O)cs1)S(=O)(=O)c1cn[nH]c1. The quantitative estimate of drug-likeness (QED) is 0.780. The summed E-state index contributed by atoms with van der Waals surface area (Å²) in [4.78, 5) is 11.4. The fourth-order valence-corrected chi connectivity index (χ4v) is 3.64. The number of carboxylic acid groups (broad SMARTS) is 1. The Kier molecular flexibility index (Phi) is 4.56. The second-order valence-electron chi connectivity index (χ2n) is 4.21. The number of thiophene rings is 1. The maximum atomic E-state index is 12.2. The van der Waals surface area contributed by atoms with Gasteiger partial charge in [-0.1, -0.05) is 0 Å². The maximum absolute atomic E-state index is 12.2. The molecular weight excluding hydrogens is 314 g/mol. The molecule has 7 nitrogen and oxygen atoms in total. The van der Waals surface area contributed by atoms with Crippen LogP contribution in [0.5, 0.6) is 0 Å². The Morgan fingerprint density at radius 2 is 2.33 bits per heavy atom. The molecule has 0 atom stereocenters. The Labute approximate surface area is 125 Å². The summed E-state index contributed by atoms with van der Waals surface area (Å²) in [5.74, 6) is -1.03. The number of nitrogens with zero attached hydrogens (tertiary/aromatic N) is 2. The molecule has 0 bridgehead atoms. The molecule has 0 amide bonds. The van der Waals surface area contributed by atoms with E-state index in [1.54, 1.807) is 11.4 Å². The fraction of sp³-hybridized carbons (Fsp3) is 0.167. The van der Waals surface area contributed by atoms with Crippen molar-refractivity contribution in [1.82, 2.24) is 14.5 Å². The molecule has 0 spiro atoms. The topological polar surface area (TPSA) is 103 Å². The lowest BCUT2D eigenvalue weighted by Crippen LogP contribution is -2.25. The molecule has 0 aromatic carbocycles. The van der Waals surface area contributed by atoms with E-state index in [0.717, 1.165) is 16.5 Å². The predicted molar refractivity (Wildman–Crippen MR) is 78.2 cm³/mol. The average Bonchev–Trinajstić information content (AvgIpc) is 3.07. The number of aromatic amines is 1. The second kappa shape index (κ2) is 6.20. The van der Waals surface area contributed by atoms with Crippen molar-refractivity contribution in [3.05, 3.63) is 40.4 Å². The van der Waals surface area contributed by atoms with Gasteiger partial charge in [0.2, 0.25) is 10.0 Å². The van der Waals surface area contributed by atoms with E-state index in [2.05, 4.69) is 10.2 Å². The van der Waals surface area contributed by atoms with Crippen LogP contribution in [0.4, 0.5) is 0 Å². The highest BCUT2D eigenvalue weighted by Crippen LogP contribution is 2.21. The monoisotopic (exact) mass is 327 g/mol. The van der Waals surface area contributed by atoms with Gasteiger partial charge in [0.05, 0.1) is 6.20 Å². The van der Waals surface area contributed by atoms with Gasteiger partial charge in [0.15, 0.2) is 0 Å². The van der Waals surface area contributed by atoms with Gasteiger partial charge in [0.25, 0.3) is 0 Å². The van der Waals surface area contributed by atoms with Crippen LogP contribution in [-0.4, -0.2) is 41.0 Å². The molecular formula is C12H13N3O4S2. The molecule has 0 saturated carbocycles. The van der Waals surface area contributed by atoms with Gasteiger partial charge in [0.1, 0.15) is 4.90 Å². The van der Waals surface area contributed by atoms with E-state index in [0.29, 0.717) is 0 Å². The Bertz CT molecular complexity index is 747. The van der Waals surface area contributed by atoms with Crippen LogP contribution in [0.25, 0.3) is 6.08 Å². The van der Waals surface area contributed by atoms with Gasteiger partial charge >= 0.3 is 5.97 Å². The number of nitrogens with one attached hydrogen (secondary N) is 1. The van der Waals surface area contributed by atoms with E-state index in [9.17, 15) is 13.2 Å². The fourth-order valence-electron chi connectivity index (χ4n) is 1.60. The Balaban J connectivity index is 2.10. The summed E-state index contributed by atoms with van der Waals surface area (Å²) in [6.07, 6.45) is 5.08. The lowest BCUT2D eigenvalue weighted by Gasteiger charge is -2.14. The molecule has 0 aliphatic rings. The van der Waals surface area contributed by atoms with Gasteiger partial charge in [-0.15, -0.1) is 11.3 Å². The minimum atomic E-state index is -3.58. The summed E-state index contributed by atoms with van der Waals surface area (Å²) in [5, 5.41) is 16.4. The highest BCUT2D eigenvalue weighted by atomic mass is 32.2. The van der Waals surface area contributed by atoms with Gasteiger partial charge < -0.3 is 5.11 Å². The van der Waals surface area contributed by atoms with Gasteiger partial charge in [-0.2, -0.15) is 9.40 Å². The summed E-state index contributed by atoms with van der Waals surface area (Å²) in [6.45, 7) is 0.207. The van der Waals surface area contributed by atoms with E-state index in [1.165, 1.54) is 41.2 Å². The molecule has 0 unspecified atom stereocenters. The first kappa shape index (κ1) is 15.4. The second-order valence-corrected chi connectivity index (χ2v) is 7.25. The van der Waals surface area contributed by atoms with E-state index < -0.39 is 16.0 Å². The molecule has 0 fully saturated rings. The standard InChI is InChI=1S/C12H13N3O4S2/c1-15(21(18,19)11-5-13-14-6-11)7-10-4-9(8-20-10)2-3-12(16)17/h2-6,8H,7H2,1H3,(H,13,14)(H,16,17). The molecule has 0 radical (unpaired) electrons. The molecule has 2 N–H and O–H groups in total. The Morgan fingerprint density at radius 3 is 2.95 bits per heavy atom. The summed E-state index contributed by atoms with van der Waals surface area (Å²) < 4.78 is 25.6. The number of hydrogen-bond acceptors (Lipinski definition) is 5. The van der Waals surface area contributed by atoms with Crippen LogP contribution in [0.1, 0.15) is 10.4 Å². The number of aromatic nitrogens is 2. The van der Waals surface area contributed by atoms with Crippen LogP contribution in [-0.2, 0) is 21.4 Å². The molecule has 2 heterocycles. The zero-order valence-electron chi connectivity index (χ0n) is 11.1. The first-order valence-corrected chi connectivity index (χ1v) is 8.15. The Morgan fingerprint density at radius 1 is 1.57 bits per heavy atom. The highest BCUT2D eigenvalue weighted by molar-refractivity contribution is 7.89. The van der Waals surface area contributed by atoms with Crippen molar-refractivity contribution >= 4 is 33.4 Å². The predicted octanol–water partition coefficient (Wildman–Crippen LogP) is 1.39. The molecule has 21 heavy (non-hydrogen) atoms. The molecule has 112 valence electrons. The van der Waals surface area contributed by atoms with E-state index in [4.69, 9.17) is 5.11 Å². The summed E-state index contributed by atoms with van der Waals surface area (Å²) in [6, 6.07) is 1.76.